The van der Waals surface area contributed by atoms with Gasteiger partial charge in [-0.05, 0) is 31.9 Å². The van der Waals surface area contributed by atoms with Crippen LogP contribution in [-0.2, 0) is 27.1 Å². The van der Waals surface area contributed by atoms with Crippen LogP contribution >= 0.6 is 0 Å². The number of aromatic amines is 1. The molecule has 1 N–H and O–H groups in total. The number of methoxy groups -OCH3 is 1. The molecule has 19 heavy (non-hydrogen) atoms. The Balaban J connectivity index is 2.19. The van der Waals surface area contributed by atoms with Gasteiger partial charge in [-0.1, -0.05) is 0 Å². The third-order valence-electron chi connectivity index (χ3n) is 3.48. The van der Waals surface area contributed by atoms with Crippen molar-refractivity contribution in [2.24, 2.45) is 0 Å². The molecule has 0 spiro atoms. The lowest BCUT2D eigenvalue weighted by Crippen LogP contribution is -2.40. The number of H-pyrrole nitrogens is 1. The number of rotatable bonds is 5. The van der Waals surface area contributed by atoms with Gasteiger partial charge < -0.3 is 19.2 Å². The van der Waals surface area contributed by atoms with Crippen LogP contribution < -0.4 is 0 Å². The van der Waals surface area contributed by atoms with E-state index in [1.807, 2.05) is 13.0 Å². The SMILES string of the molecule is CCOC(=O)c1cc2c([nH]1)CCC(OC)(OCC)C2. The van der Waals surface area contributed by atoms with E-state index < -0.39 is 5.79 Å². The maximum Gasteiger partial charge on any atom is 0.354 e. The van der Waals surface area contributed by atoms with Crippen molar-refractivity contribution < 1.29 is 19.0 Å². The van der Waals surface area contributed by atoms with Crippen molar-refractivity contribution in [2.75, 3.05) is 20.3 Å². The third kappa shape index (κ3) is 2.82. The fourth-order valence-electron chi connectivity index (χ4n) is 2.55. The molecular formula is C14H21NO4. The van der Waals surface area contributed by atoms with Crippen LogP contribution in [0.3, 0.4) is 0 Å². The fourth-order valence-corrected chi connectivity index (χ4v) is 2.55. The molecule has 1 aliphatic carbocycles. The van der Waals surface area contributed by atoms with Crippen LogP contribution in [0.1, 0.15) is 42.0 Å². The van der Waals surface area contributed by atoms with Gasteiger partial charge in [0.1, 0.15) is 5.69 Å². The minimum absolute atomic E-state index is 0.309. The number of ether oxygens (including phenoxy) is 3. The highest BCUT2D eigenvalue weighted by atomic mass is 16.7. The van der Waals surface area contributed by atoms with Crippen LogP contribution in [0.15, 0.2) is 6.07 Å². The van der Waals surface area contributed by atoms with Crippen LogP contribution in [0.25, 0.3) is 0 Å². The van der Waals surface area contributed by atoms with Crippen molar-refractivity contribution in [3.63, 3.8) is 0 Å². The van der Waals surface area contributed by atoms with Gasteiger partial charge in [0, 0.05) is 32.3 Å². The summed E-state index contributed by atoms with van der Waals surface area (Å²) < 4.78 is 16.3. The minimum atomic E-state index is -0.560. The van der Waals surface area contributed by atoms with E-state index in [0.29, 0.717) is 25.3 Å². The second-order valence-electron chi connectivity index (χ2n) is 4.63. The molecule has 0 fully saturated rings. The van der Waals surface area contributed by atoms with Gasteiger partial charge in [-0.2, -0.15) is 0 Å². The molecule has 0 aliphatic heterocycles. The van der Waals surface area contributed by atoms with Gasteiger partial charge in [0.15, 0.2) is 5.79 Å². The van der Waals surface area contributed by atoms with Crippen LogP contribution in [0, 0.1) is 0 Å². The summed E-state index contributed by atoms with van der Waals surface area (Å²) in [7, 11) is 1.67. The Morgan fingerprint density at radius 2 is 2.21 bits per heavy atom. The average Bonchev–Trinajstić information content (AvgIpc) is 2.82. The maximum atomic E-state index is 11.7. The number of aromatic nitrogens is 1. The molecule has 106 valence electrons. The van der Waals surface area contributed by atoms with Gasteiger partial charge in [0.05, 0.1) is 6.61 Å². The monoisotopic (exact) mass is 267 g/mol. The van der Waals surface area contributed by atoms with Gasteiger partial charge in [-0.3, -0.25) is 0 Å². The Hall–Kier alpha value is -1.33. The molecule has 0 saturated carbocycles. The predicted molar refractivity (Wildman–Crippen MR) is 70.1 cm³/mol. The van der Waals surface area contributed by atoms with Gasteiger partial charge in [0.2, 0.25) is 0 Å². The molecule has 1 aromatic heterocycles. The van der Waals surface area contributed by atoms with E-state index >= 15 is 0 Å². The summed E-state index contributed by atoms with van der Waals surface area (Å²) in [5.74, 6) is -0.869. The topological polar surface area (TPSA) is 60.6 Å². The summed E-state index contributed by atoms with van der Waals surface area (Å²) in [6, 6.07) is 1.85. The molecule has 0 aromatic carbocycles. The van der Waals surface area contributed by atoms with Gasteiger partial charge in [0.25, 0.3) is 0 Å². The molecule has 0 saturated heterocycles. The van der Waals surface area contributed by atoms with Crippen LogP contribution in [0.5, 0.6) is 0 Å². The number of carbonyl (C=O) groups excluding carboxylic acids is 1. The van der Waals surface area contributed by atoms with Crippen molar-refractivity contribution in [3.05, 3.63) is 23.0 Å². The normalized spacial score (nSPS) is 22.1. The number of carbonyl (C=O) groups is 1. The van der Waals surface area contributed by atoms with E-state index in [-0.39, 0.29) is 5.97 Å². The zero-order valence-corrected chi connectivity index (χ0v) is 11.7. The summed E-state index contributed by atoms with van der Waals surface area (Å²) in [6.45, 7) is 4.74. The standard InChI is InChI=1S/C14H21NO4/c1-4-18-13(16)12-8-10-9-14(17-3,19-5-2)7-6-11(10)15-12/h8,15H,4-7,9H2,1-3H3. The van der Waals surface area contributed by atoms with E-state index in [1.54, 1.807) is 14.0 Å². The first kappa shape index (κ1) is 14.1. The zero-order chi connectivity index (χ0) is 13.9. The first-order valence-corrected chi connectivity index (χ1v) is 6.71. The molecule has 5 heteroatoms. The molecule has 5 nitrogen and oxygen atoms in total. The molecule has 0 amide bonds. The lowest BCUT2D eigenvalue weighted by molar-refractivity contribution is -0.225. The van der Waals surface area contributed by atoms with Crippen LogP contribution in [-0.4, -0.2) is 37.1 Å². The van der Waals surface area contributed by atoms with E-state index in [4.69, 9.17) is 14.2 Å². The molecule has 0 radical (unpaired) electrons. The fraction of sp³-hybridized carbons (Fsp3) is 0.643. The Morgan fingerprint density at radius 1 is 1.42 bits per heavy atom. The van der Waals surface area contributed by atoms with Crippen molar-refractivity contribution in [1.29, 1.82) is 0 Å². The Labute approximate surface area is 113 Å². The summed E-state index contributed by atoms with van der Waals surface area (Å²) in [6.07, 6.45) is 2.25. The summed E-state index contributed by atoms with van der Waals surface area (Å²) in [4.78, 5) is 14.8. The van der Waals surface area contributed by atoms with Crippen molar-refractivity contribution in [1.82, 2.24) is 4.98 Å². The summed E-state index contributed by atoms with van der Waals surface area (Å²) in [5.41, 5.74) is 2.66. The van der Waals surface area contributed by atoms with E-state index in [0.717, 1.165) is 24.1 Å². The second-order valence-corrected chi connectivity index (χ2v) is 4.63. The van der Waals surface area contributed by atoms with Crippen molar-refractivity contribution in [2.45, 2.75) is 38.9 Å². The van der Waals surface area contributed by atoms with Crippen molar-refractivity contribution >= 4 is 5.97 Å². The highest BCUT2D eigenvalue weighted by molar-refractivity contribution is 5.88. The number of hydrogen-bond donors (Lipinski definition) is 1. The predicted octanol–water partition coefficient (Wildman–Crippen LogP) is 2.06. The molecule has 1 heterocycles. The molecule has 0 bridgehead atoms. The zero-order valence-electron chi connectivity index (χ0n) is 11.7. The molecular weight excluding hydrogens is 246 g/mol. The number of fused-ring (bicyclic) bond motifs is 1. The summed E-state index contributed by atoms with van der Waals surface area (Å²) in [5, 5.41) is 0. The highest BCUT2D eigenvalue weighted by Gasteiger charge is 2.36. The lowest BCUT2D eigenvalue weighted by Gasteiger charge is -2.35. The maximum absolute atomic E-state index is 11.7. The first-order valence-electron chi connectivity index (χ1n) is 6.71. The lowest BCUT2D eigenvalue weighted by atomic mass is 9.92. The molecule has 1 aromatic rings. The van der Waals surface area contributed by atoms with Gasteiger partial charge in [-0.15, -0.1) is 0 Å². The molecule has 2 rings (SSSR count). The number of nitrogens with one attached hydrogen (secondary N) is 1. The quantitative estimate of drug-likeness (QED) is 0.655. The third-order valence-corrected chi connectivity index (χ3v) is 3.48. The minimum Gasteiger partial charge on any atom is -0.461 e. The number of hydrogen-bond acceptors (Lipinski definition) is 4. The molecule has 1 atom stereocenters. The van der Waals surface area contributed by atoms with Crippen LogP contribution in [0.4, 0.5) is 0 Å². The smallest absolute Gasteiger partial charge is 0.354 e. The first-order chi connectivity index (χ1) is 9.14. The molecule has 1 unspecified atom stereocenters. The Kier molecular flexibility index (Phi) is 4.27. The van der Waals surface area contributed by atoms with Crippen LogP contribution in [0.2, 0.25) is 0 Å². The summed E-state index contributed by atoms with van der Waals surface area (Å²) >= 11 is 0. The Morgan fingerprint density at radius 3 is 2.84 bits per heavy atom. The number of aryl methyl sites for hydroxylation is 1. The molecule has 1 aliphatic rings. The van der Waals surface area contributed by atoms with Gasteiger partial charge >= 0.3 is 5.97 Å². The van der Waals surface area contributed by atoms with Gasteiger partial charge in [-0.25, -0.2) is 4.79 Å². The largest absolute Gasteiger partial charge is 0.461 e. The second kappa shape index (κ2) is 5.75. The average molecular weight is 267 g/mol. The highest BCUT2D eigenvalue weighted by Crippen LogP contribution is 2.32. The number of esters is 1. The van der Waals surface area contributed by atoms with E-state index in [1.165, 1.54) is 0 Å². The van der Waals surface area contributed by atoms with E-state index in [2.05, 4.69) is 4.98 Å². The van der Waals surface area contributed by atoms with E-state index in [9.17, 15) is 4.79 Å². The Bertz CT molecular complexity index is 454. The van der Waals surface area contributed by atoms with Crippen molar-refractivity contribution in [3.8, 4) is 0 Å².